The summed E-state index contributed by atoms with van der Waals surface area (Å²) in [6.07, 6.45) is 2.31. The van der Waals surface area contributed by atoms with E-state index in [4.69, 9.17) is 9.47 Å². The van der Waals surface area contributed by atoms with Crippen molar-refractivity contribution < 1.29 is 19.1 Å². The molecule has 1 amide bonds. The largest absolute Gasteiger partial charge is 0.494 e. The van der Waals surface area contributed by atoms with Crippen LogP contribution in [0.2, 0.25) is 0 Å². The number of ether oxygens (including phenoxy) is 2. The number of hydrogen-bond donors (Lipinski definition) is 1. The lowest BCUT2D eigenvalue weighted by atomic mass is 10.1. The Balaban J connectivity index is 1.76. The van der Waals surface area contributed by atoms with Gasteiger partial charge in [0.2, 0.25) is 0 Å². The van der Waals surface area contributed by atoms with Crippen molar-refractivity contribution in [2.75, 3.05) is 6.61 Å². The summed E-state index contributed by atoms with van der Waals surface area (Å²) in [4.78, 5) is 25.0. The van der Waals surface area contributed by atoms with Gasteiger partial charge in [0.15, 0.2) is 0 Å². The summed E-state index contributed by atoms with van der Waals surface area (Å²) in [7, 11) is 0. The molecule has 1 N–H and O–H groups in total. The molecule has 0 bridgehead atoms. The van der Waals surface area contributed by atoms with Crippen LogP contribution >= 0.6 is 0 Å². The number of rotatable bonds is 9. The molecule has 0 unspecified atom stereocenters. The Bertz CT molecular complexity index is 1180. The number of carbonyl (C=O) groups excluding carboxylic acids is 2. The lowest BCUT2D eigenvalue weighted by Gasteiger charge is -2.15. The van der Waals surface area contributed by atoms with E-state index in [1.54, 1.807) is 36.5 Å². The summed E-state index contributed by atoms with van der Waals surface area (Å²) in [6, 6.07) is 16.2. The zero-order valence-corrected chi connectivity index (χ0v) is 20.3. The second kappa shape index (κ2) is 11.3. The second-order valence-corrected chi connectivity index (χ2v) is 8.21. The van der Waals surface area contributed by atoms with Crippen molar-refractivity contribution in [3.8, 4) is 11.4 Å². The van der Waals surface area contributed by atoms with Gasteiger partial charge >= 0.3 is 5.97 Å². The van der Waals surface area contributed by atoms with Gasteiger partial charge in [0.05, 0.1) is 30.2 Å². The van der Waals surface area contributed by atoms with Crippen molar-refractivity contribution in [2.45, 2.75) is 47.1 Å². The minimum Gasteiger partial charge on any atom is -0.494 e. The fourth-order valence-corrected chi connectivity index (χ4v) is 3.56. The third kappa shape index (κ3) is 5.92. The summed E-state index contributed by atoms with van der Waals surface area (Å²) in [6.45, 7) is 10.2. The Morgan fingerprint density at radius 2 is 1.79 bits per heavy atom. The number of carbonyl (C=O) groups is 2. The molecule has 7 heteroatoms. The van der Waals surface area contributed by atoms with Crippen molar-refractivity contribution in [1.82, 2.24) is 9.99 Å². The fourth-order valence-electron chi connectivity index (χ4n) is 3.56. The predicted octanol–water partition coefficient (Wildman–Crippen LogP) is 5.21. The molecule has 0 atom stereocenters. The van der Waals surface area contributed by atoms with Gasteiger partial charge in [0.25, 0.3) is 5.91 Å². The summed E-state index contributed by atoms with van der Waals surface area (Å²) in [5, 5.41) is 4.14. The molecule has 34 heavy (non-hydrogen) atoms. The van der Waals surface area contributed by atoms with E-state index in [1.165, 1.54) is 0 Å². The van der Waals surface area contributed by atoms with Crippen LogP contribution in [0, 0.1) is 13.8 Å². The molecule has 0 radical (unpaired) electrons. The van der Waals surface area contributed by atoms with Gasteiger partial charge in [0, 0.05) is 22.5 Å². The number of para-hydroxylation sites is 1. The molecule has 0 fully saturated rings. The minimum atomic E-state index is -0.369. The zero-order valence-electron chi connectivity index (χ0n) is 20.3. The van der Waals surface area contributed by atoms with Crippen LogP contribution in [0.25, 0.3) is 5.69 Å². The standard InChI is InChI=1S/C27H31N3O4/c1-6-15-33-23-13-11-21(12-14-23)26(31)29-28-17-22-16-19(4)30(20(22)5)25-10-8-7-9-24(25)27(32)34-18(2)3/h7-14,16-18H,6,15H2,1-5H3,(H,29,31)/b28-17+. The molecule has 0 spiro atoms. The average Bonchev–Trinajstić information content (AvgIpc) is 3.10. The second-order valence-electron chi connectivity index (χ2n) is 8.21. The number of benzene rings is 2. The predicted molar refractivity (Wildman–Crippen MR) is 133 cm³/mol. The summed E-state index contributed by atoms with van der Waals surface area (Å²) >= 11 is 0. The van der Waals surface area contributed by atoms with Gasteiger partial charge in [-0.1, -0.05) is 19.1 Å². The first-order chi connectivity index (χ1) is 16.3. The van der Waals surface area contributed by atoms with Crippen molar-refractivity contribution in [1.29, 1.82) is 0 Å². The smallest absolute Gasteiger partial charge is 0.340 e. The number of aromatic nitrogens is 1. The van der Waals surface area contributed by atoms with Gasteiger partial charge in [-0.2, -0.15) is 5.10 Å². The van der Waals surface area contributed by atoms with Gasteiger partial charge in [0.1, 0.15) is 5.75 Å². The van der Waals surface area contributed by atoms with E-state index in [-0.39, 0.29) is 18.0 Å². The normalized spacial score (nSPS) is 11.1. The number of hydrazone groups is 1. The van der Waals surface area contributed by atoms with Gasteiger partial charge in [-0.25, -0.2) is 10.2 Å². The highest BCUT2D eigenvalue weighted by molar-refractivity contribution is 5.95. The highest BCUT2D eigenvalue weighted by Crippen LogP contribution is 2.24. The SMILES string of the molecule is CCCOc1ccc(C(=O)N/N=C/c2cc(C)n(-c3ccccc3C(=O)OC(C)C)c2C)cc1. The van der Waals surface area contributed by atoms with E-state index < -0.39 is 0 Å². The van der Waals surface area contributed by atoms with Gasteiger partial charge < -0.3 is 14.0 Å². The highest BCUT2D eigenvalue weighted by atomic mass is 16.5. The Morgan fingerprint density at radius 1 is 1.09 bits per heavy atom. The number of esters is 1. The molecule has 7 nitrogen and oxygen atoms in total. The fraction of sp³-hybridized carbons (Fsp3) is 0.296. The van der Waals surface area contributed by atoms with Crippen molar-refractivity contribution in [3.63, 3.8) is 0 Å². The van der Waals surface area contributed by atoms with E-state index >= 15 is 0 Å². The van der Waals surface area contributed by atoms with Crippen LogP contribution in [-0.2, 0) is 4.74 Å². The number of aryl methyl sites for hydroxylation is 1. The van der Waals surface area contributed by atoms with Crippen molar-refractivity contribution in [2.24, 2.45) is 5.10 Å². The Kier molecular flexibility index (Phi) is 8.24. The van der Waals surface area contributed by atoms with E-state index in [0.717, 1.165) is 34.8 Å². The van der Waals surface area contributed by atoms with E-state index in [2.05, 4.69) is 10.5 Å². The Hall–Kier alpha value is -3.87. The first-order valence-electron chi connectivity index (χ1n) is 11.4. The minimum absolute atomic E-state index is 0.209. The molecule has 2 aromatic carbocycles. The number of nitrogens with zero attached hydrogens (tertiary/aromatic N) is 2. The molecular weight excluding hydrogens is 430 g/mol. The number of amides is 1. The lowest BCUT2D eigenvalue weighted by molar-refractivity contribution is 0.0378. The van der Waals surface area contributed by atoms with Crippen LogP contribution in [0.15, 0.2) is 59.7 Å². The van der Waals surface area contributed by atoms with Crippen LogP contribution < -0.4 is 10.2 Å². The van der Waals surface area contributed by atoms with Gasteiger partial charge in [-0.15, -0.1) is 0 Å². The summed E-state index contributed by atoms with van der Waals surface area (Å²) in [5.74, 6) is 0.0486. The van der Waals surface area contributed by atoms with Crippen molar-refractivity contribution >= 4 is 18.1 Å². The van der Waals surface area contributed by atoms with Crippen molar-refractivity contribution in [3.05, 3.63) is 82.7 Å². The Labute approximate surface area is 200 Å². The van der Waals surface area contributed by atoms with Crippen LogP contribution in [0.3, 0.4) is 0 Å². The zero-order chi connectivity index (χ0) is 24.7. The summed E-state index contributed by atoms with van der Waals surface area (Å²) in [5.41, 5.74) is 6.92. The lowest BCUT2D eigenvalue weighted by Crippen LogP contribution is -2.17. The molecular formula is C27H31N3O4. The molecule has 0 aliphatic rings. The topological polar surface area (TPSA) is 81.9 Å². The molecule has 1 heterocycles. The maximum atomic E-state index is 12.6. The first-order valence-corrected chi connectivity index (χ1v) is 11.4. The maximum absolute atomic E-state index is 12.6. The Morgan fingerprint density at radius 3 is 2.47 bits per heavy atom. The average molecular weight is 462 g/mol. The monoisotopic (exact) mass is 461 g/mol. The number of hydrogen-bond acceptors (Lipinski definition) is 5. The van der Waals surface area contributed by atoms with Crippen LogP contribution in [0.5, 0.6) is 5.75 Å². The molecule has 1 aromatic heterocycles. The third-order valence-corrected chi connectivity index (χ3v) is 5.14. The molecule has 178 valence electrons. The first kappa shape index (κ1) is 24.8. The number of nitrogens with one attached hydrogen (secondary N) is 1. The van der Waals surface area contributed by atoms with Crippen LogP contribution in [0.1, 0.15) is 64.9 Å². The van der Waals surface area contributed by atoms with E-state index in [1.807, 2.05) is 63.5 Å². The molecule has 0 saturated carbocycles. The third-order valence-electron chi connectivity index (χ3n) is 5.14. The molecule has 3 aromatic rings. The van der Waals surface area contributed by atoms with E-state index in [0.29, 0.717) is 17.7 Å². The van der Waals surface area contributed by atoms with E-state index in [9.17, 15) is 9.59 Å². The summed E-state index contributed by atoms with van der Waals surface area (Å²) < 4.78 is 12.9. The van der Waals surface area contributed by atoms with Crippen LogP contribution in [-0.4, -0.2) is 35.4 Å². The molecule has 3 rings (SSSR count). The van der Waals surface area contributed by atoms with Gasteiger partial charge in [-0.3, -0.25) is 4.79 Å². The quantitative estimate of drug-likeness (QED) is 0.269. The molecule has 0 aliphatic heterocycles. The maximum Gasteiger partial charge on any atom is 0.340 e. The van der Waals surface area contributed by atoms with Crippen LogP contribution in [0.4, 0.5) is 0 Å². The molecule has 0 saturated heterocycles. The highest BCUT2D eigenvalue weighted by Gasteiger charge is 2.18. The molecule has 0 aliphatic carbocycles. The van der Waals surface area contributed by atoms with Gasteiger partial charge in [-0.05, 0) is 76.6 Å².